The molecule has 44 heavy (non-hydrogen) atoms. The fraction of sp³-hybridized carbons (Fsp3) is 0.281. The Balaban J connectivity index is 1.05. The molecule has 1 saturated heterocycles. The van der Waals surface area contributed by atoms with Gasteiger partial charge in [0.25, 0.3) is 0 Å². The first-order valence-electron chi connectivity index (χ1n) is 14.4. The van der Waals surface area contributed by atoms with Crippen LogP contribution < -0.4 is 10.5 Å². The molecule has 3 aromatic heterocycles. The van der Waals surface area contributed by atoms with E-state index in [0.717, 1.165) is 49.6 Å². The van der Waals surface area contributed by atoms with Gasteiger partial charge in [0.05, 0.1) is 30.8 Å². The lowest BCUT2D eigenvalue weighted by Gasteiger charge is -2.29. The smallest absolute Gasteiger partial charge is 0.439 e. The number of nitriles is 1. The van der Waals surface area contributed by atoms with Gasteiger partial charge in [-0.1, -0.05) is 29.4 Å². The summed E-state index contributed by atoms with van der Waals surface area (Å²) in [5, 5.41) is 12.7. The molecule has 0 spiro atoms. The number of rotatable bonds is 9. The zero-order valence-electron chi connectivity index (χ0n) is 23.7. The van der Waals surface area contributed by atoms with Gasteiger partial charge in [-0.3, -0.25) is 14.4 Å². The number of hydrogen-bond acceptors (Lipinski definition) is 9. The number of nitrogens with zero attached hydrogens (tertiary/aromatic N) is 6. The van der Waals surface area contributed by atoms with E-state index in [1.165, 1.54) is 11.6 Å². The highest BCUT2D eigenvalue weighted by molar-refractivity contribution is 5.77. The highest BCUT2D eigenvalue weighted by Gasteiger charge is 2.24. The molecule has 12 heteroatoms. The van der Waals surface area contributed by atoms with E-state index in [1.54, 1.807) is 18.3 Å². The molecule has 0 unspecified atom stereocenters. The summed E-state index contributed by atoms with van der Waals surface area (Å²) in [6.45, 7) is 3.75. The van der Waals surface area contributed by atoms with Crippen LogP contribution in [0.25, 0.3) is 28.1 Å². The van der Waals surface area contributed by atoms with Crippen molar-refractivity contribution in [1.29, 1.82) is 5.26 Å². The highest BCUT2D eigenvalue weighted by atomic mass is 19.1. The van der Waals surface area contributed by atoms with Crippen LogP contribution in [0.1, 0.15) is 35.4 Å². The lowest BCUT2D eigenvalue weighted by Crippen LogP contribution is -2.33. The monoisotopic (exact) mass is 593 g/mol. The molecule has 1 fully saturated rings. The van der Waals surface area contributed by atoms with E-state index in [1.807, 2.05) is 30.3 Å². The van der Waals surface area contributed by atoms with Gasteiger partial charge >= 0.3 is 5.76 Å². The molecule has 0 aliphatic carbocycles. The topological polar surface area (TPSA) is 135 Å². The van der Waals surface area contributed by atoms with Gasteiger partial charge in [0.1, 0.15) is 29.5 Å². The van der Waals surface area contributed by atoms with Crippen molar-refractivity contribution in [2.75, 3.05) is 19.7 Å². The third kappa shape index (κ3) is 5.75. The van der Waals surface area contributed by atoms with Crippen molar-refractivity contribution in [2.24, 2.45) is 0 Å². The summed E-state index contributed by atoms with van der Waals surface area (Å²) >= 11 is 0. The van der Waals surface area contributed by atoms with E-state index < -0.39 is 11.6 Å². The Morgan fingerprint density at radius 3 is 2.82 bits per heavy atom. The number of hydrogen-bond donors (Lipinski definition) is 1. The summed E-state index contributed by atoms with van der Waals surface area (Å²) in [7, 11) is 0. The second-order valence-corrected chi connectivity index (χ2v) is 10.9. The van der Waals surface area contributed by atoms with E-state index >= 15 is 0 Å². The zero-order valence-corrected chi connectivity index (χ0v) is 23.7. The summed E-state index contributed by atoms with van der Waals surface area (Å²) in [5.41, 5.74) is 5.07. The predicted molar refractivity (Wildman–Crippen MR) is 158 cm³/mol. The van der Waals surface area contributed by atoms with Crippen molar-refractivity contribution in [3.63, 3.8) is 0 Å². The van der Waals surface area contributed by atoms with Crippen molar-refractivity contribution in [3.05, 3.63) is 99.7 Å². The van der Waals surface area contributed by atoms with E-state index in [4.69, 9.17) is 19.7 Å². The first-order chi connectivity index (χ1) is 21.5. The maximum absolute atomic E-state index is 14.3. The van der Waals surface area contributed by atoms with Crippen molar-refractivity contribution in [2.45, 2.75) is 38.6 Å². The minimum absolute atomic E-state index is 0.0770. The van der Waals surface area contributed by atoms with Crippen LogP contribution in [0.5, 0.6) is 5.75 Å². The molecule has 5 aromatic rings. The molecule has 0 saturated carbocycles. The molecule has 5 heterocycles. The summed E-state index contributed by atoms with van der Waals surface area (Å²) < 4.78 is 32.7. The number of halogens is 1. The number of aromatic amines is 1. The van der Waals surface area contributed by atoms with Crippen LogP contribution in [0.3, 0.4) is 0 Å². The van der Waals surface area contributed by atoms with E-state index in [-0.39, 0.29) is 18.3 Å². The average molecular weight is 594 g/mol. The van der Waals surface area contributed by atoms with Crippen LogP contribution in [0.2, 0.25) is 0 Å². The number of benzene rings is 2. The van der Waals surface area contributed by atoms with Gasteiger partial charge < -0.3 is 14.0 Å². The Kier molecular flexibility index (Phi) is 7.47. The molecule has 222 valence electrons. The lowest BCUT2D eigenvalue weighted by molar-refractivity contribution is -0.0592. The zero-order chi connectivity index (χ0) is 30.0. The van der Waals surface area contributed by atoms with E-state index in [0.29, 0.717) is 41.3 Å². The fourth-order valence-corrected chi connectivity index (χ4v) is 5.48. The van der Waals surface area contributed by atoms with Crippen LogP contribution in [-0.2, 0) is 24.4 Å². The summed E-state index contributed by atoms with van der Waals surface area (Å²) in [5.74, 6) is 0.793. The number of aromatic nitrogens is 5. The molecular weight excluding hydrogens is 565 g/mol. The Morgan fingerprint density at radius 2 is 2.09 bits per heavy atom. The maximum atomic E-state index is 14.3. The van der Waals surface area contributed by atoms with Crippen LogP contribution in [-0.4, -0.2) is 55.4 Å². The molecule has 0 bridgehead atoms. The normalized spacial score (nSPS) is 16.8. The lowest BCUT2D eigenvalue weighted by atomic mass is 9.99. The molecule has 2 aromatic carbocycles. The van der Waals surface area contributed by atoms with Crippen LogP contribution in [0.15, 0.2) is 70.1 Å². The van der Waals surface area contributed by atoms with Crippen LogP contribution in [0.4, 0.5) is 4.39 Å². The maximum Gasteiger partial charge on any atom is 0.439 e. The molecule has 1 N–H and O–H groups in total. The molecule has 1 atom stereocenters. The quantitative estimate of drug-likeness (QED) is 0.263. The average Bonchev–Trinajstić information content (AvgIpc) is 3.61. The van der Waals surface area contributed by atoms with Crippen molar-refractivity contribution >= 4 is 16.7 Å². The van der Waals surface area contributed by atoms with Crippen LogP contribution in [0, 0.1) is 17.1 Å². The molecule has 2 aliphatic rings. The van der Waals surface area contributed by atoms with Gasteiger partial charge in [0.2, 0.25) is 0 Å². The molecule has 7 rings (SSSR count). The van der Waals surface area contributed by atoms with E-state index in [9.17, 15) is 9.18 Å². The van der Waals surface area contributed by atoms with Gasteiger partial charge in [0, 0.05) is 37.0 Å². The number of pyridine rings is 1. The Morgan fingerprint density at radius 1 is 1.18 bits per heavy atom. The summed E-state index contributed by atoms with van der Waals surface area (Å²) in [4.78, 5) is 25.9. The number of nitrogens with one attached hydrogen (secondary N) is 1. The van der Waals surface area contributed by atoms with Crippen molar-refractivity contribution < 1.29 is 18.4 Å². The third-order valence-electron chi connectivity index (χ3n) is 8.00. The van der Waals surface area contributed by atoms with Crippen molar-refractivity contribution in [1.82, 2.24) is 29.6 Å². The van der Waals surface area contributed by atoms with Gasteiger partial charge in [-0.05, 0) is 54.3 Å². The first-order valence-corrected chi connectivity index (χ1v) is 14.4. The van der Waals surface area contributed by atoms with Gasteiger partial charge in [-0.15, -0.1) is 0 Å². The molecule has 11 nitrogen and oxygen atoms in total. The van der Waals surface area contributed by atoms with Crippen molar-refractivity contribution in [3.8, 4) is 23.2 Å². The van der Waals surface area contributed by atoms with Gasteiger partial charge in [-0.25, -0.2) is 19.2 Å². The molecule has 0 amide bonds. The number of fused-ring (bicyclic) bond motifs is 1. The van der Waals surface area contributed by atoms with Crippen LogP contribution >= 0.6 is 0 Å². The molecule has 0 radical (unpaired) electrons. The standard InChI is InChI=1S/C32H28FN7O4/c33-27-12-20(15-34)4-5-23(27)19-43-25-3-1-2-22(13-25)21-6-9-39(10-7-21)18-29-36-28-14-24(30-37-32(41)44-38-30)16-35-31(28)40(29)17-26-8-11-42-26/h1-6,12-14,16,26H,7-11,17-19H2,(H,37,38,41)/t26-/m0/s1. The minimum atomic E-state index is -0.622. The number of imidazole rings is 1. The summed E-state index contributed by atoms with van der Waals surface area (Å²) in [6, 6.07) is 16.0. The van der Waals surface area contributed by atoms with Gasteiger partial charge in [-0.2, -0.15) is 5.26 Å². The summed E-state index contributed by atoms with van der Waals surface area (Å²) in [6.07, 6.45) is 5.87. The molecule has 2 aliphatic heterocycles. The minimum Gasteiger partial charge on any atom is -0.489 e. The Hall–Kier alpha value is -5.12. The molecular formula is C32H28FN7O4. The SMILES string of the molecule is N#Cc1ccc(COc2cccc(C3=CCN(Cc4nc5cc(-c6noc(=O)[nH]6)cnc5n4C[C@@H]4CCO4)CC3)c2)c(F)c1. The third-order valence-corrected chi connectivity index (χ3v) is 8.00. The predicted octanol–water partition coefficient (Wildman–Crippen LogP) is 4.44. The second kappa shape index (κ2) is 11.9. The highest BCUT2D eigenvalue weighted by Crippen LogP contribution is 2.28. The van der Waals surface area contributed by atoms with E-state index in [2.05, 4.69) is 41.3 Å². The number of H-pyrrole nitrogens is 1. The fourth-order valence-electron chi connectivity index (χ4n) is 5.48. The van der Waals surface area contributed by atoms with Gasteiger partial charge in [0.15, 0.2) is 11.5 Å². The Labute approximate surface area is 251 Å². The second-order valence-electron chi connectivity index (χ2n) is 10.9. The Bertz CT molecular complexity index is 1970. The number of ether oxygens (including phenoxy) is 2. The first kappa shape index (κ1) is 27.7. The largest absolute Gasteiger partial charge is 0.489 e.